The molecule has 2 atom stereocenters. The molecule has 1 aliphatic rings. The Bertz CT molecular complexity index is 717. The minimum Gasteiger partial charge on any atom is -0.458 e. The summed E-state index contributed by atoms with van der Waals surface area (Å²) in [5.74, 6) is -0.414. The minimum absolute atomic E-state index is 0.257. The molecule has 2 rings (SSSR count). The molecule has 1 fully saturated rings. The first-order valence-electron chi connectivity index (χ1n) is 10.7. The van der Waals surface area contributed by atoms with E-state index in [-0.39, 0.29) is 12.2 Å². The van der Waals surface area contributed by atoms with Crippen molar-refractivity contribution in [2.45, 2.75) is 97.7 Å². The third-order valence-corrected chi connectivity index (χ3v) is 4.39. The van der Waals surface area contributed by atoms with Crippen LogP contribution in [0.1, 0.15) is 67.0 Å². The van der Waals surface area contributed by atoms with Gasteiger partial charge >= 0.3 is 12.1 Å². The van der Waals surface area contributed by atoms with Crippen molar-refractivity contribution in [2.24, 2.45) is 0 Å². The van der Waals surface area contributed by atoms with Crippen molar-refractivity contribution in [1.82, 2.24) is 14.5 Å². The first-order valence-corrected chi connectivity index (χ1v) is 10.7. The molecule has 8 heteroatoms. The molecule has 8 nitrogen and oxygen atoms in total. The Labute approximate surface area is 179 Å². The Morgan fingerprint density at radius 1 is 1.17 bits per heavy atom. The van der Waals surface area contributed by atoms with Crippen LogP contribution in [-0.2, 0) is 32.0 Å². The second-order valence-electron chi connectivity index (χ2n) is 9.80. The van der Waals surface area contributed by atoms with Crippen LogP contribution in [0.25, 0.3) is 0 Å². The maximum atomic E-state index is 12.8. The number of esters is 1. The molecule has 0 aliphatic carbocycles. The molecule has 0 bridgehead atoms. The fourth-order valence-electron chi connectivity index (χ4n) is 3.20. The lowest BCUT2D eigenvalue weighted by Gasteiger charge is -2.26. The van der Waals surface area contributed by atoms with E-state index in [1.807, 2.05) is 52.3 Å². The Morgan fingerprint density at radius 3 is 2.43 bits per heavy atom. The van der Waals surface area contributed by atoms with Gasteiger partial charge in [-0.05, 0) is 54.4 Å². The fourth-order valence-corrected chi connectivity index (χ4v) is 3.20. The number of carbonyl (C=O) groups is 2. The molecule has 1 amide bonds. The Balaban J connectivity index is 2.03. The molecule has 1 aromatic heterocycles. The van der Waals surface area contributed by atoms with Crippen LogP contribution in [-0.4, -0.2) is 63.0 Å². The number of carbonyl (C=O) groups excluding carboxylic acids is 2. The monoisotopic (exact) mass is 423 g/mol. The molecular weight excluding hydrogens is 386 g/mol. The lowest BCUT2D eigenvalue weighted by atomic mass is 10.1. The largest absolute Gasteiger partial charge is 0.458 e. The number of nitrogens with zero attached hydrogens (tertiary/aromatic N) is 3. The van der Waals surface area contributed by atoms with Crippen molar-refractivity contribution >= 4 is 12.1 Å². The first kappa shape index (κ1) is 24.2. The number of likely N-dealkylation sites (tertiary alicyclic amines) is 1. The van der Waals surface area contributed by atoms with E-state index in [4.69, 9.17) is 14.2 Å². The number of imidazole rings is 1. The standard InChI is InChI=1S/C22H37N3O5/c1-8-10-24-13-16(23-15-24)12-18(19(26)29-21(2,3)4)28-17-9-11-25(14-17)20(27)30-22(5,6)7/h13,15,17-18H,8-12,14H2,1-7H3/t17-,18?/m0/s1. The van der Waals surface area contributed by atoms with Gasteiger partial charge in [-0.2, -0.15) is 0 Å². The zero-order valence-electron chi connectivity index (χ0n) is 19.4. The van der Waals surface area contributed by atoms with Gasteiger partial charge in [-0.15, -0.1) is 0 Å². The van der Waals surface area contributed by atoms with Gasteiger partial charge in [0.15, 0.2) is 6.10 Å². The molecule has 0 aromatic carbocycles. The normalized spacial score (nSPS) is 18.4. The average Bonchev–Trinajstić information content (AvgIpc) is 3.21. The lowest BCUT2D eigenvalue weighted by Crippen LogP contribution is -2.39. The highest BCUT2D eigenvalue weighted by atomic mass is 16.6. The maximum absolute atomic E-state index is 12.8. The summed E-state index contributed by atoms with van der Waals surface area (Å²) in [5, 5.41) is 0. The van der Waals surface area contributed by atoms with Crippen LogP contribution >= 0.6 is 0 Å². The van der Waals surface area contributed by atoms with Gasteiger partial charge in [-0.3, -0.25) is 0 Å². The third kappa shape index (κ3) is 7.97. The van der Waals surface area contributed by atoms with Crippen LogP contribution < -0.4 is 0 Å². The van der Waals surface area contributed by atoms with Gasteiger partial charge in [0, 0.05) is 25.7 Å². The van der Waals surface area contributed by atoms with E-state index in [0.29, 0.717) is 25.9 Å². The summed E-state index contributed by atoms with van der Waals surface area (Å²) in [5.41, 5.74) is -0.383. The maximum Gasteiger partial charge on any atom is 0.410 e. The number of aromatic nitrogens is 2. The highest BCUT2D eigenvalue weighted by Gasteiger charge is 2.35. The molecule has 0 radical (unpaired) electrons. The number of hydrogen-bond acceptors (Lipinski definition) is 6. The zero-order valence-corrected chi connectivity index (χ0v) is 19.4. The fraction of sp³-hybridized carbons (Fsp3) is 0.773. The zero-order chi connectivity index (χ0) is 22.5. The molecule has 2 heterocycles. The van der Waals surface area contributed by atoms with Crippen LogP contribution in [0.5, 0.6) is 0 Å². The Hall–Kier alpha value is -2.09. The summed E-state index contributed by atoms with van der Waals surface area (Å²) < 4.78 is 19.1. The Kier molecular flexibility index (Phi) is 7.91. The van der Waals surface area contributed by atoms with E-state index in [0.717, 1.165) is 18.7 Å². The minimum atomic E-state index is -0.780. The predicted octanol–water partition coefficient (Wildman–Crippen LogP) is 3.57. The van der Waals surface area contributed by atoms with E-state index in [1.165, 1.54) is 0 Å². The molecule has 1 aromatic rings. The molecule has 1 aliphatic heterocycles. The van der Waals surface area contributed by atoms with Gasteiger partial charge in [0.2, 0.25) is 0 Å². The molecule has 1 saturated heterocycles. The number of amides is 1. The van der Waals surface area contributed by atoms with Crippen molar-refractivity contribution in [3.63, 3.8) is 0 Å². The summed E-state index contributed by atoms with van der Waals surface area (Å²) >= 11 is 0. The summed E-state index contributed by atoms with van der Waals surface area (Å²) in [6, 6.07) is 0. The summed E-state index contributed by atoms with van der Waals surface area (Å²) in [7, 11) is 0. The number of ether oxygens (including phenoxy) is 3. The van der Waals surface area contributed by atoms with E-state index in [2.05, 4.69) is 11.9 Å². The molecule has 1 unspecified atom stereocenters. The molecule has 170 valence electrons. The van der Waals surface area contributed by atoms with Crippen molar-refractivity contribution in [1.29, 1.82) is 0 Å². The number of aryl methyl sites for hydroxylation is 1. The molecular formula is C22H37N3O5. The summed E-state index contributed by atoms with van der Waals surface area (Å²) in [4.78, 5) is 31.1. The summed E-state index contributed by atoms with van der Waals surface area (Å²) in [6.07, 6.45) is 4.28. The Morgan fingerprint density at radius 2 is 1.83 bits per heavy atom. The molecule has 0 saturated carbocycles. The number of hydrogen-bond donors (Lipinski definition) is 0. The predicted molar refractivity (Wildman–Crippen MR) is 113 cm³/mol. The van der Waals surface area contributed by atoms with Gasteiger partial charge < -0.3 is 23.7 Å². The van der Waals surface area contributed by atoms with Gasteiger partial charge in [0.25, 0.3) is 0 Å². The molecule has 0 spiro atoms. The van der Waals surface area contributed by atoms with Gasteiger partial charge in [-0.25, -0.2) is 14.6 Å². The van der Waals surface area contributed by atoms with Crippen LogP contribution in [0.4, 0.5) is 4.79 Å². The molecule has 0 N–H and O–H groups in total. The van der Waals surface area contributed by atoms with Crippen LogP contribution in [0, 0.1) is 0 Å². The first-order chi connectivity index (χ1) is 13.9. The van der Waals surface area contributed by atoms with E-state index in [1.54, 1.807) is 11.2 Å². The quantitative estimate of drug-likeness (QED) is 0.624. The van der Waals surface area contributed by atoms with Crippen molar-refractivity contribution in [2.75, 3.05) is 13.1 Å². The SMILES string of the molecule is CCCn1cnc(CC(O[C@H]2CCN(C(=O)OC(C)(C)C)C2)C(=O)OC(C)(C)C)c1. The van der Waals surface area contributed by atoms with E-state index >= 15 is 0 Å². The summed E-state index contributed by atoms with van der Waals surface area (Å²) in [6.45, 7) is 14.9. The van der Waals surface area contributed by atoms with Crippen molar-refractivity contribution in [3.05, 3.63) is 18.2 Å². The molecule has 30 heavy (non-hydrogen) atoms. The highest BCUT2D eigenvalue weighted by molar-refractivity contribution is 5.75. The van der Waals surface area contributed by atoms with Crippen molar-refractivity contribution < 1.29 is 23.8 Å². The number of rotatable bonds is 7. The lowest BCUT2D eigenvalue weighted by molar-refractivity contribution is -0.171. The van der Waals surface area contributed by atoms with Gasteiger partial charge in [-0.1, -0.05) is 6.92 Å². The van der Waals surface area contributed by atoms with Crippen molar-refractivity contribution in [3.8, 4) is 0 Å². The van der Waals surface area contributed by atoms with E-state index in [9.17, 15) is 9.59 Å². The van der Waals surface area contributed by atoms with Crippen LogP contribution in [0.2, 0.25) is 0 Å². The second-order valence-corrected chi connectivity index (χ2v) is 9.80. The van der Waals surface area contributed by atoms with E-state index < -0.39 is 23.3 Å². The highest BCUT2D eigenvalue weighted by Crippen LogP contribution is 2.21. The smallest absolute Gasteiger partial charge is 0.410 e. The van der Waals surface area contributed by atoms with Gasteiger partial charge in [0.05, 0.1) is 24.7 Å². The van der Waals surface area contributed by atoms with Gasteiger partial charge in [0.1, 0.15) is 11.2 Å². The van der Waals surface area contributed by atoms with Crippen LogP contribution in [0.3, 0.4) is 0 Å². The van der Waals surface area contributed by atoms with Crippen LogP contribution in [0.15, 0.2) is 12.5 Å². The topological polar surface area (TPSA) is 82.9 Å². The average molecular weight is 424 g/mol. The second kappa shape index (κ2) is 9.81. The third-order valence-electron chi connectivity index (χ3n) is 4.39.